The second-order valence-corrected chi connectivity index (χ2v) is 11.4. The third-order valence-corrected chi connectivity index (χ3v) is 9.82. The van der Waals surface area contributed by atoms with Gasteiger partial charge >= 0.3 is 5.97 Å². The fourth-order valence-electron chi connectivity index (χ4n) is 6.47. The zero-order chi connectivity index (χ0) is 22.7. The molecule has 4 rings (SSSR count). The average molecular weight is 467 g/mol. The van der Waals surface area contributed by atoms with Gasteiger partial charge in [-0.15, -0.1) is 11.8 Å². The number of amides is 2. The summed E-state index contributed by atoms with van der Waals surface area (Å²) in [5.41, 5.74) is 0. The minimum Gasteiger partial charge on any atom is -0.466 e. The van der Waals surface area contributed by atoms with Crippen molar-refractivity contribution in [1.29, 1.82) is 0 Å². The fraction of sp³-hybridized carbons (Fsp3) is 0.875. The van der Waals surface area contributed by atoms with Crippen LogP contribution in [0.15, 0.2) is 0 Å². The van der Waals surface area contributed by atoms with Crippen molar-refractivity contribution in [3.05, 3.63) is 0 Å². The lowest BCUT2D eigenvalue weighted by Gasteiger charge is -2.35. The van der Waals surface area contributed by atoms with Gasteiger partial charge in [0.05, 0.1) is 23.2 Å². The van der Waals surface area contributed by atoms with Crippen LogP contribution >= 0.6 is 11.8 Å². The van der Waals surface area contributed by atoms with Gasteiger partial charge in [-0.25, -0.2) is 0 Å². The van der Waals surface area contributed by atoms with E-state index in [2.05, 4.69) is 5.32 Å². The predicted octanol–water partition coefficient (Wildman–Crippen LogP) is 2.64. The molecule has 2 bridgehead atoms. The molecule has 2 amide bonds. The number of unbranched alkanes of at least 4 members (excludes halogenated alkanes) is 3. The number of ether oxygens (including phenoxy) is 1. The first-order chi connectivity index (χ1) is 15.5. The monoisotopic (exact) mass is 466 g/mol. The Morgan fingerprint density at radius 1 is 1.16 bits per heavy atom. The summed E-state index contributed by atoms with van der Waals surface area (Å²) in [4.78, 5) is 42.0. The van der Waals surface area contributed by atoms with E-state index in [1.165, 1.54) is 6.42 Å². The minimum absolute atomic E-state index is 0.0271. The maximum absolute atomic E-state index is 13.7. The Morgan fingerprint density at radius 3 is 2.62 bits per heavy atom. The Balaban J connectivity index is 1.56. The van der Waals surface area contributed by atoms with E-state index in [9.17, 15) is 14.4 Å². The second-order valence-electron chi connectivity index (χ2n) is 9.82. The lowest BCUT2D eigenvalue weighted by Crippen LogP contribution is -2.55. The maximum Gasteiger partial charge on any atom is 0.310 e. The normalized spacial score (nSPS) is 34.1. The van der Waals surface area contributed by atoms with Gasteiger partial charge in [0.2, 0.25) is 11.8 Å². The maximum atomic E-state index is 13.7. The highest BCUT2D eigenvalue weighted by Gasteiger charge is 2.73. The molecule has 4 aliphatic rings. The van der Waals surface area contributed by atoms with Crippen molar-refractivity contribution < 1.29 is 24.2 Å². The van der Waals surface area contributed by atoms with Crippen molar-refractivity contribution >= 4 is 29.5 Å². The summed E-state index contributed by atoms with van der Waals surface area (Å²) in [6.45, 7) is 2.82. The molecule has 1 saturated carbocycles. The Morgan fingerprint density at radius 2 is 1.91 bits per heavy atom. The van der Waals surface area contributed by atoms with Crippen molar-refractivity contribution in [2.45, 2.75) is 99.6 Å². The molecule has 3 aliphatic heterocycles. The lowest BCUT2D eigenvalue weighted by molar-refractivity contribution is -0.153. The van der Waals surface area contributed by atoms with Gasteiger partial charge in [0.1, 0.15) is 6.04 Å². The summed E-state index contributed by atoms with van der Waals surface area (Å²) >= 11 is 1.71. The molecule has 7 nitrogen and oxygen atoms in total. The van der Waals surface area contributed by atoms with Crippen LogP contribution in [0.4, 0.5) is 0 Å². The molecule has 8 heteroatoms. The molecule has 3 saturated heterocycles. The number of carbonyl (C=O) groups is 3. The molecule has 1 spiro atoms. The van der Waals surface area contributed by atoms with E-state index >= 15 is 0 Å². The molecular formula is C24H38N2O5S. The first-order valence-electron chi connectivity index (χ1n) is 12.6. The number of fused-ring (bicyclic) bond motifs is 1. The number of hydrogen-bond acceptors (Lipinski definition) is 6. The molecule has 5 atom stereocenters. The van der Waals surface area contributed by atoms with Crippen molar-refractivity contribution in [3.8, 4) is 0 Å². The number of rotatable bonds is 10. The molecule has 4 fully saturated rings. The van der Waals surface area contributed by atoms with E-state index in [-0.39, 0.29) is 35.7 Å². The summed E-state index contributed by atoms with van der Waals surface area (Å²) in [7, 11) is 0. The highest BCUT2D eigenvalue weighted by molar-refractivity contribution is 8.02. The topological polar surface area (TPSA) is 95.9 Å². The van der Waals surface area contributed by atoms with Crippen LogP contribution < -0.4 is 5.32 Å². The van der Waals surface area contributed by atoms with Crippen LogP contribution in [0.25, 0.3) is 0 Å². The first-order valence-corrected chi connectivity index (χ1v) is 13.5. The summed E-state index contributed by atoms with van der Waals surface area (Å²) < 4.78 is 4.85. The number of carbonyl (C=O) groups excluding carboxylic acids is 3. The van der Waals surface area contributed by atoms with E-state index in [4.69, 9.17) is 9.84 Å². The van der Waals surface area contributed by atoms with Crippen LogP contribution in [0.2, 0.25) is 0 Å². The van der Waals surface area contributed by atoms with Crippen molar-refractivity contribution in [3.63, 3.8) is 0 Å². The van der Waals surface area contributed by atoms with Gasteiger partial charge in [-0.1, -0.05) is 32.1 Å². The van der Waals surface area contributed by atoms with Gasteiger partial charge in [-0.2, -0.15) is 0 Å². The summed E-state index contributed by atoms with van der Waals surface area (Å²) in [6.07, 6.45) is 10.6. The van der Waals surface area contributed by atoms with Gasteiger partial charge in [-0.05, 0) is 45.4 Å². The van der Waals surface area contributed by atoms with E-state index in [1.54, 1.807) is 23.6 Å². The molecule has 2 N–H and O–H groups in total. The Hall–Kier alpha value is -1.28. The summed E-state index contributed by atoms with van der Waals surface area (Å²) in [6, 6.07) is -0.313. The molecule has 0 aromatic heterocycles. The van der Waals surface area contributed by atoms with Crippen molar-refractivity contribution in [2.24, 2.45) is 11.8 Å². The number of thioether (sulfide) groups is 1. The highest BCUT2D eigenvalue weighted by atomic mass is 32.2. The lowest BCUT2D eigenvalue weighted by atomic mass is 9.71. The zero-order valence-electron chi connectivity index (χ0n) is 19.2. The molecule has 2 unspecified atom stereocenters. The molecule has 32 heavy (non-hydrogen) atoms. The zero-order valence-corrected chi connectivity index (χ0v) is 20.0. The Kier molecular flexibility index (Phi) is 7.70. The van der Waals surface area contributed by atoms with Crippen molar-refractivity contribution in [2.75, 3.05) is 19.8 Å². The number of hydrogen-bond donors (Lipinski definition) is 2. The van der Waals surface area contributed by atoms with Gasteiger partial charge in [0.25, 0.3) is 0 Å². The molecule has 1 aliphatic carbocycles. The van der Waals surface area contributed by atoms with E-state index in [0.29, 0.717) is 13.2 Å². The van der Waals surface area contributed by atoms with Gasteiger partial charge in [0.15, 0.2) is 0 Å². The van der Waals surface area contributed by atoms with Crippen LogP contribution in [-0.2, 0) is 19.1 Å². The number of likely N-dealkylation sites (tertiary alicyclic amines) is 1. The van der Waals surface area contributed by atoms with E-state index in [1.807, 2.05) is 0 Å². The Bertz CT molecular complexity index is 713. The number of nitrogens with one attached hydrogen (secondary N) is 1. The number of esters is 1. The van der Waals surface area contributed by atoms with Crippen LogP contribution in [0, 0.1) is 11.8 Å². The van der Waals surface area contributed by atoms with Crippen LogP contribution in [0.1, 0.15) is 77.6 Å². The largest absolute Gasteiger partial charge is 0.466 e. The van der Waals surface area contributed by atoms with Crippen LogP contribution in [0.5, 0.6) is 0 Å². The van der Waals surface area contributed by atoms with Crippen LogP contribution in [-0.4, -0.2) is 69.6 Å². The van der Waals surface area contributed by atoms with Crippen molar-refractivity contribution in [1.82, 2.24) is 10.2 Å². The van der Waals surface area contributed by atoms with Gasteiger partial charge < -0.3 is 20.1 Å². The highest BCUT2D eigenvalue weighted by Crippen LogP contribution is 2.66. The van der Waals surface area contributed by atoms with Crippen LogP contribution in [0.3, 0.4) is 0 Å². The average Bonchev–Trinajstić information content (AvgIpc) is 3.42. The third-order valence-electron chi connectivity index (χ3n) is 7.87. The van der Waals surface area contributed by atoms with Gasteiger partial charge in [0, 0.05) is 24.4 Å². The minimum atomic E-state index is -0.511. The molecular weight excluding hydrogens is 428 g/mol. The molecule has 180 valence electrons. The molecule has 3 heterocycles. The van der Waals surface area contributed by atoms with Gasteiger partial charge in [-0.3, -0.25) is 14.4 Å². The predicted molar refractivity (Wildman–Crippen MR) is 123 cm³/mol. The summed E-state index contributed by atoms with van der Waals surface area (Å²) in [5, 5.41) is 12.4. The SMILES string of the molecule is CCOC(=O)[C@@H]1[C@@H]2CCC3(S2)C(C(=O)NC2CCCCC2)N(CCCCCCO)C(=O)[C@H]13. The molecule has 0 radical (unpaired) electrons. The molecule has 0 aromatic rings. The standard InChI is InChI=1S/C24H38N2O5S/c1-2-31-23(30)18-17-12-13-24(32-17)19(18)22(29)26(14-8-3-4-9-15-27)20(24)21(28)25-16-10-6-5-7-11-16/h16-20,27H,2-15H2,1H3,(H,25,28)/t17-,18+,19-,20?,24?/m0/s1. The fourth-order valence-corrected chi connectivity index (χ4v) is 8.68. The first kappa shape index (κ1) is 23.9. The second kappa shape index (κ2) is 10.3. The Labute approximate surface area is 195 Å². The quantitative estimate of drug-likeness (QED) is 0.380. The molecule has 0 aromatic carbocycles. The number of aliphatic hydroxyl groups is 1. The summed E-state index contributed by atoms with van der Waals surface area (Å²) in [5.74, 6) is -1.24. The number of nitrogens with zero attached hydrogens (tertiary/aromatic N) is 1. The van der Waals surface area contributed by atoms with E-state index in [0.717, 1.165) is 64.2 Å². The third kappa shape index (κ3) is 4.29. The number of aliphatic hydroxyl groups excluding tert-OH is 1. The van der Waals surface area contributed by atoms with E-state index < -0.39 is 22.6 Å². The smallest absolute Gasteiger partial charge is 0.310 e.